The lowest BCUT2D eigenvalue weighted by Crippen LogP contribution is -2.48. The van der Waals surface area contributed by atoms with Gasteiger partial charge in [-0.1, -0.05) is 23.7 Å². The maximum absolute atomic E-state index is 12.6. The molecular weight excluding hydrogens is 404 g/mol. The Morgan fingerprint density at radius 2 is 1.57 bits per heavy atom. The predicted octanol–water partition coefficient (Wildman–Crippen LogP) is 3.50. The van der Waals surface area contributed by atoms with Crippen LogP contribution in [0, 0.1) is 0 Å². The minimum atomic E-state index is -0.857. The van der Waals surface area contributed by atoms with Gasteiger partial charge in [0.05, 0.1) is 5.56 Å². The number of benzene rings is 2. The van der Waals surface area contributed by atoms with E-state index < -0.39 is 5.54 Å². The summed E-state index contributed by atoms with van der Waals surface area (Å²) in [6, 6.07) is 14.5. The zero-order valence-electron chi connectivity index (χ0n) is 16.0. The number of rotatable bonds is 7. The molecule has 0 radical (unpaired) electrons. The minimum Gasteiger partial charge on any atom is -0.457 e. The third kappa shape index (κ3) is 4.75. The Morgan fingerprint density at radius 1 is 0.967 bits per heavy atom. The Balaban J connectivity index is 1.30. The quantitative estimate of drug-likeness (QED) is 0.607. The molecule has 0 aliphatic heterocycles. The molecule has 0 spiro atoms. The van der Waals surface area contributed by atoms with Gasteiger partial charge in [0.25, 0.3) is 5.91 Å². The van der Waals surface area contributed by atoms with Crippen molar-refractivity contribution in [2.75, 3.05) is 0 Å². The van der Waals surface area contributed by atoms with Crippen molar-refractivity contribution in [3.05, 3.63) is 83.4 Å². The molecule has 2 aromatic carbocycles. The lowest BCUT2D eigenvalue weighted by Gasteiger charge is -2.17. The summed E-state index contributed by atoms with van der Waals surface area (Å²) < 4.78 is 5.76. The van der Waals surface area contributed by atoms with E-state index in [0.29, 0.717) is 41.5 Å². The second-order valence-corrected chi connectivity index (χ2v) is 7.48. The molecule has 7 nitrogen and oxygen atoms in total. The normalized spacial score (nSPS) is 13.9. The maximum Gasteiger partial charge on any atom is 0.255 e. The lowest BCUT2D eigenvalue weighted by atomic mass is 10.2. The molecule has 1 fully saturated rings. The highest BCUT2D eigenvalue weighted by molar-refractivity contribution is 6.30. The van der Waals surface area contributed by atoms with Crippen LogP contribution < -0.4 is 15.4 Å². The number of amides is 2. The van der Waals surface area contributed by atoms with E-state index in [-0.39, 0.29) is 11.8 Å². The number of ether oxygens (including phenoxy) is 1. The summed E-state index contributed by atoms with van der Waals surface area (Å²) in [5.41, 5.74) is 0.392. The summed E-state index contributed by atoms with van der Waals surface area (Å²) in [4.78, 5) is 32.6. The van der Waals surface area contributed by atoms with Crippen molar-refractivity contribution >= 4 is 23.4 Å². The van der Waals surface area contributed by atoms with Gasteiger partial charge in [0.15, 0.2) is 0 Å². The van der Waals surface area contributed by atoms with Crippen molar-refractivity contribution in [2.24, 2.45) is 0 Å². The van der Waals surface area contributed by atoms with Crippen LogP contribution in [0.4, 0.5) is 0 Å². The van der Waals surface area contributed by atoms with Crippen LogP contribution in [0.15, 0.2) is 67.3 Å². The van der Waals surface area contributed by atoms with Crippen LogP contribution in [-0.2, 0) is 11.3 Å². The summed E-state index contributed by atoms with van der Waals surface area (Å²) in [6.07, 6.45) is 5.40. The van der Waals surface area contributed by atoms with Gasteiger partial charge in [-0.2, -0.15) is 0 Å². The molecule has 2 N–H and O–H groups in total. The number of hydrogen-bond donors (Lipinski definition) is 2. The van der Waals surface area contributed by atoms with Crippen molar-refractivity contribution in [1.82, 2.24) is 20.6 Å². The second-order valence-electron chi connectivity index (χ2n) is 7.05. The van der Waals surface area contributed by atoms with E-state index in [1.165, 1.54) is 18.7 Å². The molecule has 0 bridgehead atoms. The van der Waals surface area contributed by atoms with Crippen molar-refractivity contribution in [3.63, 3.8) is 0 Å². The zero-order valence-corrected chi connectivity index (χ0v) is 16.7. The van der Waals surface area contributed by atoms with Crippen LogP contribution in [-0.4, -0.2) is 27.3 Å². The van der Waals surface area contributed by atoms with E-state index in [2.05, 4.69) is 20.6 Å². The summed E-state index contributed by atoms with van der Waals surface area (Å²) in [7, 11) is 0. The Morgan fingerprint density at radius 3 is 2.17 bits per heavy atom. The van der Waals surface area contributed by atoms with Gasteiger partial charge in [0.1, 0.15) is 23.4 Å². The smallest absolute Gasteiger partial charge is 0.255 e. The number of hydrogen-bond acceptors (Lipinski definition) is 5. The first-order chi connectivity index (χ1) is 14.5. The molecule has 1 aliphatic carbocycles. The van der Waals surface area contributed by atoms with E-state index in [0.717, 1.165) is 5.56 Å². The average Bonchev–Trinajstić information content (AvgIpc) is 3.56. The second kappa shape index (κ2) is 8.51. The van der Waals surface area contributed by atoms with Crippen LogP contribution in [0.2, 0.25) is 5.02 Å². The number of halogens is 1. The number of nitrogens with zero attached hydrogens (tertiary/aromatic N) is 2. The maximum atomic E-state index is 12.6. The fourth-order valence-corrected chi connectivity index (χ4v) is 3.03. The molecule has 1 aromatic heterocycles. The highest BCUT2D eigenvalue weighted by Gasteiger charge is 2.51. The highest BCUT2D eigenvalue weighted by Crippen LogP contribution is 2.36. The van der Waals surface area contributed by atoms with Gasteiger partial charge in [0.2, 0.25) is 5.91 Å². The van der Waals surface area contributed by atoms with E-state index in [1.807, 2.05) is 24.3 Å². The number of carbonyl (C=O) groups is 2. The van der Waals surface area contributed by atoms with Crippen molar-refractivity contribution < 1.29 is 14.3 Å². The largest absolute Gasteiger partial charge is 0.457 e. The Labute approximate surface area is 178 Å². The van der Waals surface area contributed by atoms with Gasteiger partial charge < -0.3 is 15.4 Å². The van der Waals surface area contributed by atoms with E-state index in [4.69, 9.17) is 16.3 Å². The molecule has 3 aromatic rings. The Hall–Kier alpha value is -3.45. The standard InChI is InChI=1S/C22H19ClN4O3/c23-17-3-7-19(8-4-17)30-18-5-1-15(2-6-18)11-26-21(29)22(9-10-22)27-20(28)16-12-24-14-25-13-16/h1-8,12-14H,9-11H2,(H,26,29)(H,27,28). The van der Waals surface area contributed by atoms with Gasteiger partial charge in [-0.15, -0.1) is 0 Å². The highest BCUT2D eigenvalue weighted by atomic mass is 35.5. The van der Waals surface area contributed by atoms with Crippen molar-refractivity contribution in [1.29, 1.82) is 0 Å². The van der Waals surface area contributed by atoms with Crippen LogP contribution >= 0.6 is 11.6 Å². The van der Waals surface area contributed by atoms with Gasteiger partial charge in [0, 0.05) is 24.0 Å². The van der Waals surface area contributed by atoms with E-state index in [9.17, 15) is 9.59 Å². The first-order valence-electron chi connectivity index (χ1n) is 9.42. The monoisotopic (exact) mass is 422 g/mol. The van der Waals surface area contributed by atoms with Gasteiger partial charge in [-0.25, -0.2) is 9.97 Å². The van der Waals surface area contributed by atoms with Crippen LogP contribution in [0.25, 0.3) is 0 Å². The van der Waals surface area contributed by atoms with Crippen molar-refractivity contribution in [2.45, 2.75) is 24.9 Å². The zero-order chi connectivity index (χ0) is 21.0. The average molecular weight is 423 g/mol. The number of nitrogens with one attached hydrogen (secondary N) is 2. The third-order valence-electron chi connectivity index (χ3n) is 4.79. The SMILES string of the molecule is O=C(NC1(C(=O)NCc2ccc(Oc3ccc(Cl)cc3)cc2)CC1)c1cncnc1. The molecule has 1 saturated carbocycles. The summed E-state index contributed by atoms with van der Waals surface area (Å²) >= 11 is 5.87. The van der Waals surface area contributed by atoms with Crippen molar-refractivity contribution in [3.8, 4) is 11.5 Å². The fraction of sp³-hybridized carbons (Fsp3) is 0.182. The molecule has 8 heteroatoms. The molecule has 30 heavy (non-hydrogen) atoms. The Bertz CT molecular complexity index is 1040. The molecule has 152 valence electrons. The van der Waals surface area contributed by atoms with E-state index >= 15 is 0 Å². The molecule has 2 amide bonds. The van der Waals surface area contributed by atoms with Crippen LogP contribution in [0.3, 0.4) is 0 Å². The van der Waals surface area contributed by atoms with Gasteiger partial charge >= 0.3 is 0 Å². The lowest BCUT2D eigenvalue weighted by molar-refractivity contribution is -0.124. The predicted molar refractivity (Wildman–Crippen MR) is 111 cm³/mol. The van der Waals surface area contributed by atoms with E-state index in [1.54, 1.807) is 24.3 Å². The number of carbonyl (C=O) groups excluding carboxylic acids is 2. The van der Waals surface area contributed by atoms with Crippen LogP contribution in [0.1, 0.15) is 28.8 Å². The molecule has 0 atom stereocenters. The summed E-state index contributed by atoms with van der Waals surface area (Å²) in [6.45, 7) is 0.353. The van der Waals surface area contributed by atoms with Gasteiger partial charge in [-0.05, 0) is 54.8 Å². The third-order valence-corrected chi connectivity index (χ3v) is 5.04. The molecule has 0 unspecified atom stereocenters. The first-order valence-corrected chi connectivity index (χ1v) is 9.80. The van der Waals surface area contributed by atoms with Gasteiger partial charge in [-0.3, -0.25) is 9.59 Å². The van der Waals surface area contributed by atoms with Crippen LogP contribution in [0.5, 0.6) is 11.5 Å². The molecule has 1 heterocycles. The topological polar surface area (TPSA) is 93.2 Å². The molecular formula is C22H19ClN4O3. The first kappa shape index (κ1) is 19.8. The fourth-order valence-electron chi connectivity index (χ4n) is 2.91. The minimum absolute atomic E-state index is 0.200. The Kier molecular flexibility index (Phi) is 5.63. The molecule has 4 rings (SSSR count). The summed E-state index contributed by atoms with van der Waals surface area (Å²) in [5, 5.41) is 6.34. The molecule has 1 aliphatic rings. The molecule has 0 saturated heterocycles. The summed E-state index contributed by atoms with van der Waals surface area (Å²) in [5.74, 6) is 0.820. The number of aromatic nitrogens is 2.